The summed E-state index contributed by atoms with van der Waals surface area (Å²) in [7, 11) is 2.54. The van der Waals surface area contributed by atoms with Gasteiger partial charge in [-0.25, -0.2) is 9.59 Å². The van der Waals surface area contributed by atoms with Gasteiger partial charge in [0.25, 0.3) is 0 Å². The predicted octanol–water partition coefficient (Wildman–Crippen LogP) is -0.380. The van der Waals surface area contributed by atoms with Crippen LogP contribution in [-0.2, 0) is 57.3 Å². The number of ether oxygens (including phenoxy) is 4. The molecule has 5 N–H and O–H groups in total. The van der Waals surface area contributed by atoms with Crippen LogP contribution in [0.5, 0.6) is 0 Å². The van der Waals surface area contributed by atoms with Crippen LogP contribution in [0.1, 0.15) is 120 Å². The number of hydrogen-bond donors (Lipinski definition) is 4. The Hall–Kier alpha value is -4.10. The van der Waals surface area contributed by atoms with Crippen LogP contribution < -0.4 is 62.0 Å². The molecule has 0 aromatic rings. The third-order valence-corrected chi connectivity index (χ3v) is 8.45. The number of carboxylic acid groups (broad SMARTS) is 2. The number of methoxy groups -OCH3 is 2. The fourth-order valence-corrected chi connectivity index (χ4v) is 5.28. The molecule has 0 spiro atoms. The van der Waals surface area contributed by atoms with Gasteiger partial charge in [0, 0.05) is 91.1 Å². The van der Waals surface area contributed by atoms with E-state index in [2.05, 4.69) is 20.1 Å². The summed E-state index contributed by atoms with van der Waals surface area (Å²) in [4.78, 5) is 124. The van der Waals surface area contributed by atoms with Crippen molar-refractivity contribution < 1.29 is 134 Å². The van der Waals surface area contributed by atoms with Gasteiger partial charge >= 0.3 is 87.4 Å². The second-order valence-corrected chi connectivity index (χ2v) is 16.3. The van der Waals surface area contributed by atoms with E-state index in [0.717, 1.165) is 0 Å². The first-order valence-corrected chi connectivity index (χ1v) is 21.4. The van der Waals surface area contributed by atoms with Gasteiger partial charge in [-0.05, 0) is 54.4 Å². The fraction of sp³-hybridized carbons (Fsp3) is 0.762. The summed E-state index contributed by atoms with van der Waals surface area (Å²) >= 11 is 0. The number of amides is 6. The van der Waals surface area contributed by atoms with Crippen LogP contribution in [0.3, 0.4) is 0 Å². The van der Waals surface area contributed by atoms with E-state index in [1.807, 2.05) is 13.8 Å². The van der Waals surface area contributed by atoms with Crippen LogP contribution >= 0.6 is 0 Å². The summed E-state index contributed by atoms with van der Waals surface area (Å²) in [5, 5.41) is 22.8. The maximum atomic E-state index is 12.7. The average Bonchev–Trinajstić information content (AvgIpc) is 3.18. The van der Waals surface area contributed by atoms with Gasteiger partial charge in [0.2, 0.25) is 23.6 Å². The fourth-order valence-electron chi connectivity index (χ4n) is 5.28. The van der Waals surface area contributed by atoms with Gasteiger partial charge in [-0.3, -0.25) is 38.4 Å². The van der Waals surface area contributed by atoms with E-state index in [1.165, 1.54) is 33.8 Å². The summed E-state index contributed by atoms with van der Waals surface area (Å²) in [5.41, 5.74) is -1.33. The van der Waals surface area contributed by atoms with Crippen molar-refractivity contribution in [1.29, 1.82) is 0 Å². The summed E-state index contributed by atoms with van der Waals surface area (Å²) < 4.78 is 19.5. The molecule has 0 heterocycles. The van der Waals surface area contributed by atoms with E-state index in [4.69, 9.17) is 19.7 Å². The molecule has 0 radical (unpaired) electrons. The van der Waals surface area contributed by atoms with E-state index in [9.17, 15) is 47.9 Å². The third-order valence-electron chi connectivity index (χ3n) is 8.45. The van der Waals surface area contributed by atoms with E-state index in [-0.39, 0.29) is 185 Å². The molecule has 0 aliphatic heterocycles. The van der Waals surface area contributed by atoms with Crippen LogP contribution in [0.4, 0.5) is 9.59 Å². The number of nitrogens with one attached hydrogen (secondary N) is 2. The van der Waals surface area contributed by atoms with Crippen LogP contribution in [0, 0.1) is 0 Å². The Morgan fingerprint density at radius 1 is 0.439 bits per heavy atom. The minimum atomic E-state index is -1.07. The van der Waals surface area contributed by atoms with Crippen molar-refractivity contribution in [2.45, 2.75) is 131 Å². The number of hydrogen-bond acceptors (Lipinski definition) is 15. The van der Waals surface area contributed by atoms with E-state index in [0.29, 0.717) is 19.3 Å². The maximum Gasteiger partial charge on any atom is 1.00 e. The summed E-state index contributed by atoms with van der Waals surface area (Å²) in [6.45, 7) is 14.8. The van der Waals surface area contributed by atoms with Crippen LogP contribution in [-0.4, -0.2) is 186 Å². The Morgan fingerprint density at radius 3 is 0.924 bits per heavy atom. The van der Waals surface area contributed by atoms with Crippen molar-refractivity contribution >= 4 is 59.7 Å². The molecule has 0 aliphatic rings. The molecule has 0 saturated heterocycles. The molecule has 0 fully saturated rings. The minimum Gasteiger partial charge on any atom is -0.870 e. The quantitative estimate of drug-likeness (QED) is 0.0441. The van der Waals surface area contributed by atoms with Crippen molar-refractivity contribution in [3.05, 3.63) is 0 Å². The number of carbonyl (C=O) groups is 10. The average molecular weight is 975 g/mol. The zero-order chi connectivity index (χ0) is 49.5. The van der Waals surface area contributed by atoms with Gasteiger partial charge < -0.3 is 64.9 Å². The normalized spacial score (nSPS) is 10.5. The molecule has 24 heteroatoms. The Balaban J connectivity index is -0.000000566. The Bertz CT molecular complexity index is 1520. The first kappa shape index (κ1) is 68.5. The first-order chi connectivity index (χ1) is 29.8. The standard InChI is InChI=1S/C22H39N3O8.C20H35N3O8.K.H2O/c1-7-8-17(26)24(13-10-19(28)31-5)15-16-25(14-11-20(29)32-6)18(27)9-12-23-21(30)33-22(2,3)4;1-5-6-15(24)22(11-8-17(26)27)13-14-23(12-9-18(28)29)16(25)7-10-21-19(30)31-20(2,3)4;;/h7-16H2,1-6H3,(H,23,30);5-14H2,1-4H3,(H,21,30)(H,26,27)(H,28,29);;1H2/q;;+1;/p-1. The van der Waals surface area contributed by atoms with Gasteiger partial charge in [0.05, 0.1) is 39.9 Å². The molecular formula is C42H75KN6O17. The van der Waals surface area contributed by atoms with Crippen molar-refractivity contribution in [2.24, 2.45) is 0 Å². The predicted molar refractivity (Wildman–Crippen MR) is 234 cm³/mol. The van der Waals surface area contributed by atoms with Crippen LogP contribution in [0.25, 0.3) is 0 Å². The van der Waals surface area contributed by atoms with Crippen molar-refractivity contribution in [3.8, 4) is 0 Å². The SMILES string of the molecule is CCCC(=O)N(CCC(=O)O)CCN(CCC(=O)O)C(=O)CCNC(=O)OC(C)(C)C.CCCC(=O)N(CCC(=O)OC)CCN(CCC(=O)OC)C(=O)CCNC(=O)OC(C)(C)C.[K+].[OH-]. The Morgan fingerprint density at radius 2 is 0.697 bits per heavy atom. The Kier molecular flexibility index (Phi) is 39.4. The summed E-state index contributed by atoms with van der Waals surface area (Å²) in [5.74, 6) is -4.06. The summed E-state index contributed by atoms with van der Waals surface area (Å²) in [6, 6.07) is 0. The smallest absolute Gasteiger partial charge is 0.870 e. The molecule has 0 aromatic carbocycles. The van der Waals surface area contributed by atoms with Gasteiger partial charge in [-0.1, -0.05) is 13.8 Å². The van der Waals surface area contributed by atoms with E-state index >= 15 is 0 Å². The number of nitrogens with zero attached hydrogens (tertiary/aromatic N) is 4. The van der Waals surface area contributed by atoms with E-state index < -0.39 is 53.2 Å². The second kappa shape index (κ2) is 37.9. The molecule has 0 aromatic heterocycles. The number of esters is 2. The molecular weight excluding hydrogens is 900 g/mol. The molecule has 0 unspecified atom stereocenters. The molecule has 0 rings (SSSR count). The van der Waals surface area contributed by atoms with Crippen molar-refractivity contribution in [3.63, 3.8) is 0 Å². The van der Waals surface area contributed by atoms with Gasteiger partial charge in [-0.15, -0.1) is 0 Å². The van der Waals surface area contributed by atoms with Crippen LogP contribution in [0.15, 0.2) is 0 Å². The van der Waals surface area contributed by atoms with Gasteiger partial charge in [0.15, 0.2) is 0 Å². The zero-order valence-corrected chi connectivity index (χ0v) is 44.1. The number of carboxylic acids is 2. The molecule has 0 bridgehead atoms. The molecule has 0 saturated carbocycles. The number of rotatable bonds is 28. The van der Waals surface area contributed by atoms with E-state index in [1.54, 1.807) is 41.5 Å². The second-order valence-electron chi connectivity index (χ2n) is 16.3. The number of alkyl carbamates (subject to hydrolysis) is 2. The molecule has 0 atom stereocenters. The van der Waals surface area contributed by atoms with Crippen molar-refractivity contribution in [2.75, 3.05) is 79.7 Å². The molecule has 66 heavy (non-hydrogen) atoms. The first-order valence-electron chi connectivity index (χ1n) is 21.4. The maximum absolute atomic E-state index is 12.7. The topological polar surface area (TPSA) is 315 Å². The number of aliphatic carboxylic acids is 2. The van der Waals surface area contributed by atoms with Gasteiger partial charge in [0.1, 0.15) is 11.2 Å². The minimum absolute atomic E-state index is 0. The monoisotopic (exact) mass is 974 g/mol. The third kappa shape index (κ3) is 38.0. The molecule has 23 nitrogen and oxygen atoms in total. The molecule has 0 aliphatic carbocycles. The Labute approximate surface area is 431 Å². The zero-order valence-electron chi connectivity index (χ0n) is 41.0. The van der Waals surface area contributed by atoms with Crippen molar-refractivity contribution in [1.82, 2.24) is 30.2 Å². The van der Waals surface area contributed by atoms with Crippen LogP contribution in [0.2, 0.25) is 0 Å². The number of carbonyl (C=O) groups excluding carboxylic acids is 8. The van der Waals surface area contributed by atoms with Gasteiger partial charge in [-0.2, -0.15) is 0 Å². The molecule has 6 amide bonds. The molecule has 376 valence electrons. The largest absolute Gasteiger partial charge is 1.00 e. The summed E-state index contributed by atoms with van der Waals surface area (Å²) in [6.07, 6.45) is -0.0222.